The molecule has 0 fully saturated rings. The largest absolute Gasteiger partial charge is 0.298 e. The van der Waals surface area contributed by atoms with Crippen LogP contribution in [-0.2, 0) is 10.0 Å². The van der Waals surface area contributed by atoms with E-state index in [1.807, 2.05) is 24.3 Å². The minimum atomic E-state index is -3.88. The van der Waals surface area contributed by atoms with E-state index < -0.39 is 15.9 Å². The van der Waals surface area contributed by atoms with Gasteiger partial charge in [-0.1, -0.05) is 52.3 Å². The summed E-state index contributed by atoms with van der Waals surface area (Å²) in [6.07, 6.45) is 0. The minimum absolute atomic E-state index is 0.0446. The molecule has 30 heavy (non-hydrogen) atoms. The van der Waals surface area contributed by atoms with Gasteiger partial charge in [0.05, 0.1) is 10.6 Å². The Morgan fingerprint density at radius 1 is 0.900 bits per heavy atom. The first-order chi connectivity index (χ1) is 14.2. The summed E-state index contributed by atoms with van der Waals surface area (Å²) in [5.41, 5.74) is 7.07. The van der Waals surface area contributed by atoms with Gasteiger partial charge in [0.1, 0.15) is 0 Å². The number of benzene rings is 3. The van der Waals surface area contributed by atoms with Crippen molar-refractivity contribution in [3.05, 3.63) is 100.0 Å². The van der Waals surface area contributed by atoms with Crippen molar-refractivity contribution >= 4 is 54.8 Å². The average Bonchev–Trinajstić information content (AvgIpc) is 2.74. The molecule has 154 valence electrons. The van der Waals surface area contributed by atoms with Crippen molar-refractivity contribution in [2.24, 2.45) is 0 Å². The Bertz CT molecular complexity index is 1180. The first kappa shape index (κ1) is 21.9. The molecule has 3 aromatic rings. The highest BCUT2D eigenvalue weighted by atomic mass is 79.9. The molecule has 0 aromatic heterocycles. The van der Waals surface area contributed by atoms with E-state index in [0.717, 1.165) is 10.0 Å². The molecule has 6 nitrogen and oxygen atoms in total. The van der Waals surface area contributed by atoms with Crippen LogP contribution in [0, 0.1) is 0 Å². The van der Waals surface area contributed by atoms with Gasteiger partial charge < -0.3 is 0 Å². The number of sulfonamides is 1. The molecule has 0 radical (unpaired) electrons. The van der Waals surface area contributed by atoms with E-state index in [0.29, 0.717) is 16.4 Å². The lowest BCUT2D eigenvalue weighted by Crippen LogP contribution is -2.35. The van der Waals surface area contributed by atoms with Crippen LogP contribution in [0.5, 0.6) is 0 Å². The molecule has 0 bridgehead atoms. The highest BCUT2D eigenvalue weighted by Gasteiger charge is 2.16. The van der Waals surface area contributed by atoms with E-state index in [4.69, 9.17) is 11.6 Å². The van der Waals surface area contributed by atoms with Gasteiger partial charge in [-0.3, -0.25) is 20.4 Å². The number of hydrazine groups is 1. The molecule has 1 amide bonds. The number of hydrogen-bond acceptors (Lipinski definition) is 4. The van der Waals surface area contributed by atoms with Crippen molar-refractivity contribution in [2.75, 3.05) is 4.72 Å². The highest BCUT2D eigenvalue weighted by Crippen LogP contribution is 2.19. The second kappa shape index (κ2) is 9.34. The third-order valence-corrected chi connectivity index (χ3v) is 6.18. The Morgan fingerprint density at radius 3 is 2.23 bits per heavy atom. The number of carbonyl (C=O) groups excluding carboxylic acids is 1. The summed E-state index contributed by atoms with van der Waals surface area (Å²) < 4.78 is 28.6. The van der Waals surface area contributed by atoms with Crippen LogP contribution in [0.3, 0.4) is 0 Å². The second-order valence-corrected chi connectivity index (χ2v) is 9.24. The van der Waals surface area contributed by atoms with Gasteiger partial charge in [-0.05, 0) is 60.2 Å². The molecule has 0 aliphatic heterocycles. The number of amides is 1. The normalized spacial score (nSPS) is 10.9. The predicted molar refractivity (Wildman–Crippen MR) is 122 cm³/mol. The fraction of sp³-hybridized carbons (Fsp3) is 0. The van der Waals surface area contributed by atoms with Crippen LogP contribution in [-0.4, -0.2) is 14.3 Å². The summed E-state index contributed by atoms with van der Waals surface area (Å²) in [6.45, 7) is 3.87. The minimum Gasteiger partial charge on any atom is -0.298 e. The summed E-state index contributed by atoms with van der Waals surface area (Å²) >= 11 is 9.17. The van der Waals surface area contributed by atoms with Crippen LogP contribution in [0.2, 0.25) is 5.02 Å². The molecule has 3 aromatic carbocycles. The lowest BCUT2D eigenvalue weighted by Gasteiger charge is -2.12. The van der Waals surface area contributed by atoms with Crippen molar-refractivity contribution in [3.8, 4) is 0 Å². The Kier molecular flexibility index (Phi) is 6.81. The lowest BCUT2D eigenvalue weighted by molar-refractivity contribution is 0.0942. The number of hydrogen-bond donors (Lipinski definition) is 3. The van der Waals surface area contributed by atoms with Crippen molar-refractivity contribution in [1.82, 2.24) is 10.9 Å². The quantitative estimate of drug-likeness (QED) is 0.401. The number of carbonyl (C=O) groups is 1. The molecule has 0 saturated heterocycles. The molecule has 0 aliphatic rings. The zero-order valence-electron chi connectivity index (χ0n) is 15.5. The molecule has 9 heteroatoms. The molecular weight excluding hydrogens is 490 g/mol. The third-order valence-electron chi connectivity index (χ3n) is 4.02. The van der Waals surface area contributed by atoms with E-state index in [9.17, 15) is 13.2 Å². The summed E-state index contributed by atoms with van der Waals surface area (Å²) in [4.78, 5) is 12.4. The fourth-order valence-corrected chi connectivity index (χ4v) is 3.96. The second-order valence-electron chi connectivity index (χ2n) is 6.20. The molecule has 0 spiro atoms. The topological polar surface area (TPSA) is 87.3 Å². The summed E-state index contributed by atoms with van der Waals surface area (Å²) in [7, 11) is -3.88. The SMILES string of the molecule is C=C(NNC(=O)c1cccc(S(=O)(=O)Nc2ccc(Cl)cc2)c1)c1ccc(Br)cc1. The number of nitrogens with one attached hydrogen (secondary N) is 3. The van der Waals surface area contributed by atoms with Gasteiger partial charge in [0.2, 0.25) is 0 Å². The van der Waals surface area contributed by atoms with Crippen LogP contribution < -0.4 is 15.6 Å². The summed E-state index contributed by atoms with van der Waals surface area (Å²) in [5, 5.41) is 0.494. The first-order valence-electron chi connectivity index (χ1n) is 8.64. The maximum Gasteiger partial charge on any atom is 0.269 e. The molecule has 3 rings (SSSR count). The molecule has 0 atom stereocenters. The lowest BCUT2D eigenvalue weighted by atomic mass is 10.2. The predicted octanol–water partition coefficient (Wildman–Crippen LogP) is 4.81. The summed E-state index contributed by atoms with van der Waals surface area (Å²) in [5.74, 6) is -0.503. The van der Waals surface area contributed by atoms with E-state index in [1.54, 1.807) is 24.3 Å². The summed E-state index contributed by atoms with van der Waals surface area (Å²) in [6, 6.07) is 19.3. The van der Waals surface area contributed by atoms with E-state index >= 15 is 0 Å². The molecule has 0 saturated carbocycles. The monoisotopic (exact) mass is 505 g/mol. The van der Waals surface area contributed by atoms with Gasteiger partial charge in [0, 0.05) is 20.7 Å². The Labute approximate surface area is 188 Å². The van der Waals surface area contributed by atoms with Gasteiger partial charge in [-0.25, -0.2) is 8.42 Å². The Hall–Kier alpha value is -2.81. The van der Waals surface area contributed by atoms with E-state index in [1.165, 1.54) is 24.3 Å². The van der Waals surface area contributed by atoms with Crippen LogP contribution in [0.15, 0.2) is 88.7 Å². The van der Waals surface area contributed by atoms with Crippen LogP contribution in [0.4, 0.5) is 5.69 Å². The third kappa shape index (κ3) is 5.63. The maximum absolute atomic E-state index is 12.6. The van der Waals surface area contributed by atoms with E-state index in [-0.39, 0.29) is 10.5 Å². The zero-order chi connectivity index (χ0) is 21.7. The maximum atomic E-state index is 12.6. The average molecular weight is 507 g/mol. The van der Waals surface area contributed by atoms with Crippen LogP contribution >= 0.6 is 27.5 Å². The molecule has 0 heterocycles. The number of rotatable bonds is 7. The molecule has 3 N–H and O–H groups in total. The van der Waals surface area contributed by atoms with Crippen LogP contribution in [0.1, 0.15) is 15.9 Å². The van der Waals surface area contributed by atoms with Gasteiger partial charge in [0.25, 0.3) is 15.9 Å². The van der Waals surface area contributed by atoms with Gasteiger partial charge >= 0.3 is 0 Å². The zero-order valence-corrected chi connectivity index (χ0v) is 18.7. The first-order valence-corrected chi connectivity index (χ1v) is 11.3. The smallest absolute Gasteiger partial charge is 0.269 e. The van der Waals surface area contributed by atoms with Crippen molar-refractivity contribution in [3.63, 3.8) is 0 Å². The van der Waals surface area contributed by atoms with Gasteiger partial charge in [-0.15, -0.1) is 0 Å². The van der Waals surface area contributed by atoms with Crippen molar-refractivity contribution < 1.29 is 13.2 Å². The standard InChI is InChI=1S/C21H17BrClN3O3S/c1-14(15-5-7-17(22)8-6-15)24-25-21(27)16-3-2-4-20(13-16)30(28,29)26-19-11-9-18(23)10-12-19/h2-13,24,26H,1H2,(H,25,27). The number of halogens is 2. The van der Waals surface area contributed by atoms with Gasteiger partial charge in [-0.2, -0.15) is 0 Å². The molecule has 0 aliphatic carbocycles. The number of anilines is 1. The fourth-order valence-electron chi connectivity index (χ4n) is 2.46. The van der Waals surface area contributed by atoms with Crippen molar-refractivity contribution in [1.29, 1.82) is 0 Å². The Morgan fingerprint density at radius 2 is 1.57 bits per heavy atom. The van der Waals surface area contributed by atoms with Crippen LogP contribution in [0.25, 0.3) is 5.70 Å². The molecular formula is C21H17BrClN3O3S. The molecule has 0 unspecified atom stereocenters. The van der Waals surface area contributed by atoms with Gasteiger partial charge in [0.15, 0.2) is 0 Å². The Balaban J connectivity index is 1.69. The van der Waals surface area contributed by atoms with Crippen molar-refractivity contribution in [2.45, 2.75) is 4.90 Å². The van der Waals surface area contributed by atoms with E-state index in [2.05, 4.69) is 38.1 Å². The highest BCUT2D eigenvalue weighted by molar-refractivity contribution is 9.10.